The molecule has 0 radical (unpaired) electrons. The van der Waals surface area contributed by atoms with Crippen molar-refractivity contribution in [3.63, 3.8) is 0 Å². The van der Waals surface area contributed by atoms with Gasteiger partial charge in [-0.25, -0.2) is 0 Å². The van der Waals surface area contributed by atoms with E-state index >= 15 is 0 Å². The smallest absolute Gasteiger partial charge is 0.122 e. The van der Waals surface area contributed by atoms with Crippen LogP contribution >= 0.6 is 0 Å². The molecule has 12 aromatic rings. The standard InChI is InChI=1S/3C28H24O4.3C6H15N.C2H3N/c3*29-25-17-5-1-6-18(25)14-20-8-3-10-22(27(20)31)16-24-12-4-11-23(28(24)32)15-21-9-2-7-19(13-17)26(21)30;3*1-4-7(5-2)6-3;1-2-3/h3*1-12,29-32H,13-16H2;3*4-6H2,1-3H3;1H3. The van der Waals surface area contributed by atoms with E-state index in [1.807, 2.05) is 182 Å². The number of para-hydroxylation sites is 12. The molecule has 120 heavy (non-hydrogen) atoms. The average Bonchev–Trinajstić information content (AvgIpc) is 0.798. The lowest BCUT2D eigenvalue weighted by atomic mass is 9.91. The monoisotopic (exact) mass is 1620 g/mol. The van der Waals surface area contributed by atoms with Gasteiger partial charge in [0.05, 0.1) is 65.0 Å². The molecule has 0 saturated heterocycles. The first-order valence-corrected chi connectivity index (χ1v) is 42.3. The second-order valence-electron chi connectivity index (χ2n) is 30.8. The third-order valence-electron chi connectivity index (χ3n) is 23.4. The second kappa shape index (κ2) is 45.0. The predicted molar refractivity (Wildman–Crippen MR) is 473 cm³/mol. The van der Waals surface area contributed by atoms with Crippen LogP contribution in [0, 0.1) is 11.3 Å². The number of phenols is 9. The Balaban J connectivity index is 0.000000180. The van der Waals surface area contributed by atoms with Crippen LogP contribution in [0.5, 0.6) is 69.0 Å². The SMILES string of the molecule is CC#N.CC[NH+](CC)CC.CC[NH+](CC)CC.CC[NH+](CC)CC.[O-]c1c2cccc1Cc1cccc(c1O)Cc1cccc(c1O)Cc1cccc(c1O)C2.[O-]c1c2cccc1Cc1cccc(c1O)Cc1cccc(c1O)Cc1cccc(c1O)C2.[O-]c1c2cccc1Cc1cccc(c1O)Cc1cccc(c1O)Cc1cccc(c1O)C2. The highest BCUT2D eigenvalue weighted by Gasteiger charge is 2.22. The minimum atomic E-state index is -0.0722. The molecule has 0 aromatic heterocycles. The van der Waals surface area contributed by atoms with Crippen LogP contribution < -0.4 is 30.0 Å². The summed E-state index contributed by atoms with van der Waals surface area (Å²) in [6, 6.07) is 67.8. The van der Waals surface area contributed by atoms with Gasteiger partial charge in [0.2, 0.25) is 0 Å². The number of nitrogens with zero attached hydrogens (tertiary/aromatic N) is 1. The van der Waals surface area contributed by atoms with Crippen molar-refractivity contribution < 1.29 is 76.0 Å². The summed E-state index contributed by atoms with van der Waals surface area (Å²) in [5.41, 5.74) is 16.0. The maximum Gasteiger partial charge on any atom is 0.122 e. The Labute approximate surface area is 709 Å². The predicted octanol–water partition coefficient (Wildman–Crippen LogP) is 14.0. The van der Waals surface area contributed by atoms with Gasteiger partial charge in [-0.2, -0.15) is 5.26 Å². The fourth-order valence-corrected chi connectivity index (χ4v) is 15.8. The Morgan fingerprint density at radius 3 is 0.350 bits per heavy atom. The van der Waals surface area contributed by atoms with E-state index in [4.69, 9.17) is 5.26 Å². The van der Waals surface area contributed by atoms with Crippen molar-refractivity contribution in [1.82, 2.24) is 0 Å². The minimum absolute atomic E-state index is 0.0722. The highest BCUT2D eigenvalue weighted by molar-refractivity contribution is 5.59. The van der Waals surface area contributed by atoms with Crippen molar-refractivity contribution in [3.8, 4) is 75.1 Å². The molecule has 0 aliphatic heterocycles. The topological polar surface area (TPSA) is 288 Å². The van der Waals surface area contributed by atoms with E-state index in [-0.39, 0.29) is 69.0 Å². The Bertz CT molecular complexity index is 4030. The van der Waals surface area contributed by atoms with Gasteiger partial charge >= 0.3 is 0 Å². The van der Waals surface area contributed by atoms with Crippen LogP contribution in [0.3, 0.4) is 0 Å². The maximum atomic E-state index is 13.2. The fourth-order valence-electron chi connectivity index (χ4n) is 15.8. The molecule has 24 bridgehead atoms. The highest BCUT2D eigenvalue weighted by atomic mass is 16.3. The van der Waals surface area contributed by atoms with E-state index in [0.29, 0.717) is 211 Å². The number of rotatable bonds is 9. The number of fused-ring (bicyclic) bond motifs is 24. The number of phenolic OH excluding ortho intramolecular Hbond substituents is 9. The zero-order chi connectivity index (χ0) is 86.5. The van der Waals surface area contributed by atoms with E-state index in [9.17, 15) is 61.3 Å². The number of nitrogens with one attached hydrogen (secondary N) is 3. The Hall–Kier alpha value is -12.4. The Morgan fingerprint density at radius 1 is 0.200 bits per heavy atom. The first-order valence-electron chi connectivity index (χ1n) is 42.3. The van der Waals surface area contributed by atoms with Crippen molar-refractivity contribution >= 4 is 0 Å². The third kappa shape index (κ3) is 23.5. The molecule has 16 nitrogen and oxygen atoms in total. The Morgan fingerprint density at radius 2 is 0.275 bits per heavy atom. The number of benzene rings is 12. The molecule has 0 heterocycles. The van der Waals surface area contributed by atoms with Crippen LogP contribution in [0.15, 0.2) is 218 Å². The fraction of sp³-hybridized carbons (Fsp3) is 0.298. The van der Waals surface area contributed by atoms with E-state index < -0.39 is 0 Å². The van der Waals surface area contributed by atoms with Crippen LogP contribution in [0.25, 0.3) is 0 Å². The van der Waals surface area contributed by atoms with E-state index in [2.05, 4.69) is 62.3 Å². The van der Waals surface area contributed by atoms with Gasteiger partial charge in [0.15, 0.2) is 0 Å². The second-order valence-corrected chi connectivity index (χ2v) is 30.8. The Kier molecular flexibility index (Phi) is 34.3. The number of quaternary nitrogens is 3. The van der Waals surface area contributed by atoms with E-state index in [0.717, 1.165) is 0 Å². The minimum Gasteiger partial charge on any atom is -0.872 e. The van der Waals surface area contributed by atoms with Crippen molar-refractivity contribution in [2.24, 2.45) is 0 Å². The normalized spacial score (nSPS) is 12.3. The molecule has 15 rings (SSSR count). The van der Waals surface area contributed by atoms with Gasteiger partial charge in [-0.15, -0.1) is 17.2 Å². The van der Waals surface area contributed by atoms with Crippen molar-refractivity contribution in [3.05, 3.63) is 352 Å². The summed E-state index contributed by atoms with van der Waals surface area (Å²) in [5.74, 6) is 1.19. The lowest BCUT2D eigenvalue weighted by molar-refractivity contribution is -0.894. The average molecular weight is 1620 g/mol. The van der Waals surface area contributed by atoms with Crippen LogP contribution in [0.4, 0.5) is 0 Å². The largest absolute Gasteiger partial charge is 0.872 e. The van der Waals surface area contributed by atoms with Crippen molar-refractivity contribution in [1.29, 1.82) is 5.26 Å². The van der Waals surface area contributed by atoms with Gasteiger partial charge in [0.25, 0.3) is 0 Å². The van der Waals surface area contributed by atoms with Crippen molar-refractivity contribution in [2.45, 2.75) is 146 Å². The molecular weight excluding hydrogens is 1500 g/mol. The van der Waals surface area contributed by atoms with Crippen LogP contribution in [-0.2, 0) is 77.0 Å². The molecule has 12 N–H and O–H groups in total. The maximum absolute atomic E-state index is 13.2. The summed E-state index contributed by atoms with van der Waals surface area (Å²) in [5, 5.41) is 145. The number of hydrogen-bond acceptors (Lipinski definition) is 13. The molecule has 0 atom stereocenters. The zero-order valence-corrected chi connectivity index (χ0v) is 71.3. The summed E-state index contributed by atoms with van der Waals surface area (Å²) < 4.78 is 0. The first kappa shape index (κ1) is 91.5. The van der Waals surface area contributed by atoms with Gasteiger partial charge in [-0.05, 0) is 162 Å². The van der Waals surface area contributed by atoms with Crippen LogP contribution in [-0.4, -0.2) is 105 Å². The highest BCUT2D eigenvalue weighted by Crippen LogP contribution is 2.42. The number of hydrogen-bond donors (Lipinski definition) is 12. The first-order chi connectivity index (χ1) is 58.0. The molecule has 0 unspecified atom stereocenters. The number of aromatic hydroxyl groups is 9. The zero-order valence-electron chi connectivity index (χ0n) is 71.3. The van der Waals surface area contributed by atoms with Crippen LogP contribution in [0.2, 0.25) is 0 Å². The molecule has 16 heteroatoms. The summed E-state index contributed by atoms with van der Waals surface area (Å²) in [6.07, 6.45) is 4.00. The summed E-state index contributed by atoms with van der Waals surface area (Å²) in [6.45, 7) is 32.9. The summed E-state index contributed by atoms with van der Waals surface area (Å²) >= 11 is 0. The quantitative estimate of drug-likeness (QED) is 0.0641. The summed E-state index contributed by atoms with van der Waals surface area (Å²) in [4.78, 5) is 5.04. The van der Waals surface area contributed by atoms with E-state index in [1.165, 1.54) is 65.8 Å². The third-order valence-corrected chi connectivity index (χ3v) is 23.4. The van der Waals surface area contributed by atoms with Gasteiger partial charge in [-0.3, -0.25) is 0 Å². The molecule has 0 saturated carbocycles. The van der Waals surface area contributed by atoms with Gasteiger partial charge in [-0.1, -0.05) is 252 Å². The molecule has 628 valence electrons. The van der Waals surface area contributed by atoms with Gasteiger partial charge < -0.3 is 76.0 Å². The van der Waals surface area contributed by atoms with E-state index in [1.54, 1.807) is 57.2 Å². The number of nitriles is 1. The van der Waals surface area contributed by atoms with Crippen molar-refractivity contribution in [2.75, 3.05) is 58.9 Å². The molecule has 0 spiro atoms. The molecule has 3 aliphatic carbocycles. The summed E-state index contributed by atoms with van der Waals surface area (Å²) in [7, 11) is 0. The van der Waals surface area contributed by atoms with Crippen LogP contribution in [0.1, 0.15) is 203 Å². The lowest BCUT2D eigenvalue weighted by Gasteiger charge is -2.21. The molecule has 12 aromatic carbocycles. The molecule has 3 aliphatic rings. The molecule has 0 fully saturated rings. The van der Waals surface area contributed by atoms with Gasteiger partial charge in [0, 0.05) is 84.0 Å². The van der Waals surface area contributed by atoms with Gasteiger partial charge in [0.1, 0.15) is 51.7 Å². The molecular formula is C104H120N4O12. The molecule has 0 amide bonds. The lowest BCUT2D eigenvalue weighted by Crippen LogP contribution is -3.11.